The van der Waals surface area contributed by atoms with Gasteiger partial charge in [-0.3, -0.25) is 10.1 Å². The molecule has 0 aliphatic rings. The lowest BCUT2D eigenvalue weighted by molar-refractivity contribution is -0.384. The van der Waals surface area contributed by atoms with Crippen LogP contribution >= 0.6 is 0 Å². The molecule has 0 amide bonds. The van der Waals surface area contributed by atoms with Crippen LogP contribution in [0, 0.1) is 23.0 Å². The van der Waals surface area contributed by atoms with Gasteiger partial charge in [-0.25, -0.2) is 0 Å². The number of hydrogen-bond acceptors (Lipinski definition) is 4. The van der Waals surface area contributed by atoms with Crippen molar-refractivity contribution in [3.05, 3.63) is 33.9 Å². The minimum absolute atomic E-state index is 0.131. The monoisotopic (exact) mass is 279 g/mol. The Bertz CT molecular complexity index is 448. The van der Waals surface area contributed by atoms with Gasteiger partial charge in [0.2, 0.25) is 0 Å². The Morgan fingerprint density at radius 2 is 2.00 bits per heavy atom. The van der Waals surface area contributed by atoms with Crippen molar-refractivity contribution in [2.45, 2.75) is 33.2 Å². The third-order valence-corrected chi connectivity index (χ3v) is 3.13. The van der Waals surface area contributed by atoms with Gasteiger partial charge < -0.3 is 10.2 Å². The largest absolute Gasteiger partial charge is 0.381 e. The average molecular weight is 279 g/mol. The molecule has 5 heteroatoms. The second-order valence-electron chi connectivity index (χ2n) is 5.99. The van der Waals surface area contributed by atoms with E-state index in [0.717, 1.165) is 24.2 Å². The summed E-state index contributed by atoms with van der Waals surface area (Å²) in [6, 6.07) is 5.25. The zero-order valence-electron chi connectivity index (χ0n) is 13.0. The molecule has 1 aromatic rings. The Labute approximate surface area is 121 Å². The second-order valence-corrected chi connectivity index (χ2v) is 5.99. The van der Waals surface area contributed by atoms with Crippen LogP contribution < -0.4 is 5.32 Å². The number of benzene rings is 1. The van der Waals surface area contributed by atoms with Crippen LogP contribution in [0.15, 0.2) is 18.2 Å². The number of aryl methyl sites for hydroxylation is 1. The van der Waals surface area contributed by atoms with Gasteiger partial charge in [0.15, 0.2) is 0 Å². The highest BCUT2D eigenvalue weighted by atomic mass is 16.6. The average Bonchev–Trinajstić information content (AvgIpc) is 2.29. The molecule has 1 unspecified atom stereocenters. The Balaban J connectivity index is 2.91. The highest BCUT2D eigenvalue weighted by Crippen LogP contribution is 2.23. The van der Waals surface area contributed by atoms with Crippen LogP contribution in [0.4, 0.5) is 11.4 Å². The SMILES string of the molecule is Cc1ccc([N+](=O)[O-])cc1NC(CC(C)C)CN(C)C. The van der Waals surface area contributed by atoms with Crippen LogP contribution in [0.5, 0.6) is 0 Å². The smallest absolute Gasteiger partial charge is 0.271 e. The summed E-state index contributed by atoms with van der Waals surface area (Å²) in [6.07, 6.45) is 1.03. The van der Waals surface area contributed by atoms with E-state index in [4.69, 9.17) is 0 Å². The number of anilines is 1. The zero-order valence-corrected chi connectivity index (χ0v) is 13.0. The molecule has 0 aliphatic heterocycles. The number of likely N-dealkylation sites (N-methyl/N-ethyl adjacent to an activating group) is 1. The molecule has 0 radical (unpaired) electrons. The summed E-state index contributed by atoms with van der Waals surface area (Å²) in [6.45, 7) is 7.24. The van der Waals surface area contributed by atoms with E-state index in [1.807, 2.05) is 21.0 Å². The molecular weight excluding hydrogens is 254 g/mol. The molecule has 1 atom stereocenters. The summed E-state index contributed by atoms with van der Waals surface area (Å²) in [5.74, 6) is 0.575. The maximum Gasteiger partial charge on any atom is 0.271 e. The number of rotatable bonds is 7. The third kappa shape index (κ3) is 5.17. The molecule has 112 valence electrons. The molecule has 0 saturated heterocycles. The van der Waals surface area contributed by atoms with Crippen LogP contribution in [0.1, 0.15) is 25.8 Å². The normalized spacial score (nSPS) is 12.8. The molecule has 5 nitrogen and oxygen atoms in total. The topological polar surface area (TPSA) is 58.4 Å². The van der Waals surface area contributed by atoms with Crippen molar-refractivity contribution in [3.63, 3.8) is 0 Å². The van der Waals surface area contributed by atoms with E-state index >= 15 is 0 Å². The fraction of sp³-hybridized carbons (Fsp3) is 0.600. The number of nitrogens with zero attached hydrogens (tertiary/aromatic N) is 2. The minimum Gasteiger partial charge on any atom is -0.381 e. The van der Waals surface area contributed by atoms with Crippen LogP contribution in [0.2, 0.25) is 0 Å². The third-order valence-electron chi connectivity index (χ3n) is 3.13. The molecule has 0 aliphatic carbocycles. The fourth-order valence-corrected chi connectivity index (χ4v) is 2.29. The van der Waals surface area contributed by atoms with Crippen LogP contribution in [-0.4, -0.2) is 36.5 Å². The lowest BCUT2D eigenvalue weighted by atomic mass is 10.0. The molecule has 1 N–H and O–H groups in total. The van der Waals surface area contributed by atoms with E-state index in [9.17, 15) is 10.1 Å². The molecular formula is C15H25N3O2. The summed E-state index contributed by atoms with van der Waals surface area (Å²) in [4.78, 5) is 12.7. The summed E-state index contributed by atoms with van der Waals surface area (Å²) >= 11 is 0. The first kappa shape index (κ1) is 16.4. The molecule has 0 saturated carbocycles. The van der Waals surface area contributed by atoms with Gasteiger partial charge >= 0.3 is 0 Å². The van der Waals surface area contributed by atoms with E-state index in [1.165, 1.54) is 0 Å². The van der Waals surface area contributed by atoms with Gasteiger partial charge in [-0.2, -0.15) is 0 Å². The van der Waals surface area contributed by atoms with Crippen molar-refractivity contribution < 1.29 is 4.92 Å². The van der Waals surface area contributed by atoms with E-state index < -0.39 is 0 Å². The summed E-state index contributed by atoms with van der Waals surface area (Å²) in [5, 5.41) is 14.3. The van der Waals surface area contributed by atoms with Crippen molar-refractivity contribution >= 4 is 11.4 Å². The van der Waals surface area contributed by atoms with E-state index in [1.54, 1.807) is 18.2 Å². The van der Waals surface area contributed by atoms with Gasteiger partial charge in [0, 0.05) is 30.4 Å². The quantitative estimate of drug-likeness (QED) is 0.614. The highest BCUT2D eigenvalue weighted by Gasteiger charge is 2.15. The first-order valence-corrected chi connectivity index (χ1v) is 6.96. The van der Waals surface area contributed by atoms with E-state index in [-0.39, 0.29) is 16.7 Å². The van der Waals surface area contributed by atoms with E-state index in [0.29, 0.717) is 5.92 Å². The highest BCUT2D eigenvalue weighted by molar-refractivity contribution is 5.57. The number of nitrogens with one attached hydrogen (secondary N) is 1. The number of nitro groups is 1. The van der Waals surface area contributed by atoms with Gasteiger partial charge in [0.25, 0.3) is 5.69 Å². The Morgan fingerprint density at radius 1 is 1.35 bits per heavy atom. The fourth-order valence-electron chi connectivity index (χ4n) is 2.29. The van der Waals surface area contributed by atoms with E-state index in [2.05, 4.69) is 24.1 Å². The van der Waals surface area contributed by atoms with Crippen molar-refractivity contribution in [1.29, 1.82) is 0 Å². The van der Waals surface area contributed by atoms with Gasteiger partial charge in [0.1, 0.15) is 0 Å². The van der Waals surface area contributed by atoms with Crippen molar-refractivity contribution in [1.82, 2.24) is 4.90 Å². The summed E-state index contributed by atoms with van der Waals surface area (Å²) in [7, 11) is 4.07. The van der Waals surface area contributed by atoms with Crippen LogP contribution in [0.3, 0.4) is 0 Å². The van der Waals surface area contributed by atoms with Crippen molar-refractivity contribution in [3.8, 4) is 0 Å². The number of non-ortho nitro benzene ring substituents is 1. The zero-order chi connectivity index (χ0) is 15.3. The molecule has 0 bridgehead atoms. The Hall–Kier alpha value is -1.62. The molecule has 0 fully saturated rings. The Morgan fingerprint density at radius 3 is 2.50 bits per heavy atom. The molecule has 1 aromatic carbocycles. The van der Waals surface area contributed by atoms with Gasteiger partial charge in [-0.05, 0) is 38.9 Å². The Kier molecular flexibility index (Phi) is 5.95. The maximum atomic E-state index is 10.9. The van der Waals surface area contributed by atoms with Crippen LogP contribution in [-0.2, 0) is 0 Å². The summed E-state index contributed by atoms with van der Waals surface area (Å²) in [5.41, 5.74) is 2.01. The van der Waals surface area contributed by atoms with Crippen molar-refractivity contribution in [2.75, 3.05) is 26.0 Å². The summed E-state index contributed by atoms with van der Waals surface area (Å²) < 4.78 is 0. The number of hydrogen-bond donors (Lipinski definition) is 1. The first-order valence-electron chi connectivity index (χ1n) is 6.96. The number of nitro benzene ring substituents is 1. The minimum atomic E-state index is -0.353. The van der Waals surface area contributed by atoms with Gasteiger partial charge in [-0.15, -0.1) is 0 Å². The standard InChI is InChI=1S/C15H25N3O2/c1-11(2)8-13(10-17(4)5)16-15-9-14(18(19)20)7-6-12(15)3/h6-7,9,11,13,16H,8,10H2,1-5H3. The second kappa shape index (κ2) is 7.24. The predicted octanol–water partition coefficient (Wildman–Crippen LogP) is 3.29. The van der Waals surface area contributed by atoms with Gasteiger partial charge in [0.05, 0.1) is 4.92 Å². The first-order chi connectivity index (χ1) is 9.29. The molecule has 0 spiro atoms. The predicted molar refractivity (Wildman–Crippen MR) is 83.3 cm³/mol. The molecule has 20 heavy (non-hydrogen) atoms. The van der Waals surface area contributed by atoms with Gasteiger partial charge in [-0.1, -0.05) is 19.9 Å². The lowest BCUT2D eigenvalue weighted by Crippen LogP contribution is -2.33. The van der Waals surface area contributed by atoms with Crippen molar-refractivity contribution in [2.24, 2.45) is 5.92 Å². The maximum absolute atomic E-state index is 10.9. The molecule has 0 heterocycles. The lowest BCUT2D eigenvalue weighted by Gasteiger charge is -2.25. The molecule has 1 rings (SSSR count). The molecule has 0 aromatic heterocycles. The van der Waals surface area contributed by atoms with Crippen LogP contribution in [0.25, 0.3) is 0 Å².